The number of fused-ring (bicyclic) bond motifs is 1. The first-order valence-electron chi connectivity index (χ1n) is 27.5. The average molecular weight is 1040 g/mol. The number of hydroxylamine groups is 1. The molecule has 0 radical (unpaired) electrons. The third-order valence-electron chi connectivity index (χ3n) is 14.5. The second kappa shape index (κ2) is 30.9. The fourth-order valence-electron chi connectivity index (χ4n) is 9.92. The molecule has 10 unspecified atom stereocenters. The fraction of sp³-hybridized carbons (Fsp3) is 0.750. The van der Waals surface area contributed by atoms with Crippen LogP contribution in [0.2, 0.25) is 0 Å². The molecule has 3 N–H and O–H groups in total. The van der Waals surface area contributed by atoms with E-state index in [4.69, 9.17) is 14.3 Å². The smallest absolute Gasteiger partial charge is 0.329 e. The number of hydrogen-bond acceptors (Lipinski definition) is 12. The first-order valence-corrected chi connectivity index (χ1v) is 27.5. The lowest BCUT2D eigenvalue weighted by molar-refractivity contribution is -0.164. The molecule has 1 saturated heterocycles. The van der Waals surface area contributed by atoms with Gasteiger partial charge in [-0.15, -0.1) is 0 Å². The monoisotopic (exact) mass is 1040 g/mol. The SMILES string of the molecule is CCCCC(C)CC1NC(=O)C(CC2CN(OC)c3ccccc32)N(C)C(=O)C(CC(C)C)NC(=O)C(CC(C)C)N(C)C(=O)C(CC(C)CCCC)NC(=O)C(CCC(=O)OCCC)OC(=O)C(C)N(C)C1=O. The van der Waals surface area contributed by atoms with Crippen molar-refractivity contribution in [2.75, 3.05) is 46.5 Å². The van der Waals surface area contributed by atoms with Crippen LogP contribution >= 0.6 is 0 Å². The number of ether oxygens (including phenoxy) is 2. The molecule has 418 valence electrons. The van der Waals surface area contributed by atoms with Gasteiger partial charge in [-0.3, -0.25) is 43.5 Å². The largest absolute Gasteiger partial charge is 0.466 e. The van der Waals surface area contributed by atoms with E-state index < -0.39 is 89.7 Å². The van der Waals surface area contributed by atoms with Crippen molar-refractivity contribution in [1.29, 1.82) is 0 Å². The number of hydrogen-bond donors (Lipinski definition) is 3. The summed E-state index contributed by atoms with van der Waals surface area (Å²) < 4.78 is 11.2. The zero-order valence-corrected chi connectivity index (χ0v) is 47.3. The topological polar surface area (TPSA) is 213 Å². The molecule has 18 nitrogen and oxygen atoms in total. The molecule has 1 aromatic rings. The van der Waals surface area contributed by atoms with E-state index in [1.54, 1.807) is 12.2 Å². The molecule has 3 rings (SSSR count). The Morgan fingerprint density at radius 3 is 1.70 bits per heavy atom. The highest BCUT2D eigenvalue weighted by molar-refractivity contribution is 5.97. The van der Waals surface area contributed by atoms with Crippen molar-refractivity contribution in [3.63, 3.8) is 0 Å². The van der Waals surface area contributed by atoms with Crippen molar-refractivity contribution in [2.45, 2.75) is 207 Å². The minimum Gasteiger partial charge on any atom is -0.466 e. The summed E-state index contributed by atoms with van der Waals surface area (Å²) in [4.78, 5) is 126. The highest BCUT2D eigenvalue weighted by Gasteiger charge is 2.42. The van der Waals surface area contributed by atoms with Gasteiger partial charge in [0.1, 0.15) is 36.3 Å². The van der Waals surface area contributed by atoms with Crippen molar-refractivity contribution in [3.05, 3.63) is 29.8 Å². The molecule has 10 atom stereocenters. The molecule has 1 fully saturated rings. The summed E-state index contributed by atoms with van der Waals surface area (Å²) in [5.41, 5.74) is 1.74. The van der Waals surface area contributed by atoms with E-state index in [1.165, 1.54) is 42.8 Å². The van der Waals surface area contributed by atoms with Crippen LogP contribution in [0.3, 0.4) is 0 Å². The van der Waals surface area contributed by atoms with Gasteiger partial charge in [-0.1, -0.05) is 119 Å². The lowest BCUT2D eigenvalue weighted by Gasteiger charge is -2.36. The van der Waals surface area contributed by atoms with E-state index in [2.05, 4.69) is 29.8 Å². The van der Waals surface area contributed by atoms with Crippen LogP contribution < -0.4 is 21.0 Å². The Kier molecular flexibility index (Phi) is 26.4. The molecule has 2 heterocycles. The molecule has 0 aromatic heterocycles. The molecule has 0 spiro atoms. The third-order valence-corrected chi connectivity index (χ3v) is 14.5. The summed E-state index contributed by atoms with van der Waals surface area (Å²) in [5.74, 6) is -5.88. The molecule has 1 aromatic carbocycles. The number of carbonyl (C=O) groups excluding carboxylic acids is 8. The maximum atomic E-state index is 15.2. The molecule has 0 saturated carbocycles. The number of esters is 2. The number of carbonyl (C=O) groups is 8. The number of nitrogens with one attached hydrogen (secondary N) is 3. The molecular weight excluding hydrogens is 947 g/mol. The van der Waals surface area contributed by atoms with Gasteiger partial charge in [-0.25, -0.2) is 4.79 Å². The zero-order chi connectivity index (χ0) is 55.4. The second-order valence-electron chi connectivity index (χ2n) is 21.9. The normalized spacial score (nSPS) is 25.1. The average Bonchev–Trinajstić information content (AvgIpc) is 3.73. The van der Waals surface area contributed by atoms with Gasteiger partial charge in [0.25, 0.3) is 5.91 Å². The molecular formula is C56H93N7O11. The van der Waals surface area contributed by atoms with Crippen molar-refractivity contribution in [1.82, 2.24) is 30.7 Å². The number of cyclic esters (lactones) is 1. The van der Waals surface area contributed by atoms with Crippen molar-refractivity contribution >= 4 is 53.1 Å². The lowest BCUT2D eigenvalue weighted by Crippen LogP contribution is -2.60. The number of amides is 6. The van der Waals surface area contributed by atoms with Gasteiger partial charge in [0.05, 0.1) is 25.9 Å². The lowest BCUT2D eigenvalue weighted by atomic mass is 9.91. The number of para-hydroxylation sites is 1. The molecule has 0 bridgehead atoms. The third kappa shape index (κ3) is 18.5. The number of likely N-dealkylation sites (N-methyl/N-ethyl adjacent to an activating group) is 3. The maximum Gasteiger partial charge on any atom is 0.329 e. The number of benzene rings is 1. The first kappa shape index (κ1) is 63.0. The summed E-state index contributed by atoms with van der Waals surface area (Å²) >= 11 is 0. The van der Waals surface area contributed by atoms with Crippen LogP contribution in [0.25, 0.3) is 0 Å². The predicted molar refractivity (Wildman–Crippen MR) is 285 cm³/mol. The van der Waals surface area contributed by atoms with Crippen molar-refractivity contribution in [3.8, 4) is 0 Å². The summed E-state index contributed by atoms with van der Waals surface area (Å²) in [6, 6.07) is 0.655. The minimum absolute atomic E-state index is 0.0486. The van der Waals surface area contributed by atoms with Crippen LogP contribution in [-0.4, -0.2) is 146 Å². The van der Waals surface area contributed by atoms with Gasteiger partial charge in [0.15, 0.2) is 6.10 Å². The molecule has 2 aliphatic rings. The maximum absolute atomic E-state index is 15.2. The molecule has 2 aliphatic heterocycles. The number of rotatable bonds is 22. The van der Waals surface area contributed by atoms with Gasteiger partial charge >= 0.3 is 11.9 Å². The standard InChI is InChI=1S/C56H93N7O11/c1-15-18-22-37(8)31-43-53(68)60(11)39(10)56(71)74-48(26-27-49(64)73-28-17-3)52(67)59-44(32-38(9)23-19-16-2)55(70)61(12)46(30-36(6)7)50(65)57-42(29-35(4)5)54(69)62(13)47(51(66)58-43)33-40-34-63(72-14)45-25-21-20-24-41(40)45/h20-21,24-25,35-40,42-44,46-48H,15-19,22-23,26-34H2,1-14H3,(H,57,65)(H,58,66)(H,59,67). The molecule has 18 heteroatoms. The van der Waals surface area contributed by atoms with Crippen LogP contribution in [0.5, 0.6) is 0 Å². The van der Waals surface area contributed by atoms with E-state index in [9.17, 15) is 28.8 Å². The Morgan fingerprint density at radius 2 is 1.18 bits per heavy atom. The van der Waals surface area contributed by atoms with Gasteiger partial charge in [-0.05, 0) is 80.8 Å². The van der Waals surface area contributed by atoms with Crippen LogP contribution in [-0.2, 0) is 52.7 Å². The number of nitrogens with zero attached hydrogens (tertiary/aromatic N) is 4. The zero-order valence-electron chi connectivity index (χ0n) is 47.3. The first-order chi connectivity index (χ1) is 35.0. The summed E-state index contributed by atoms with van der Waals surface area (Å²) in [7, 11) is 6.03. The fourth-order valence-corrected chi connectivity index (χ4v) is 9.92. The Labute approximate surface area is 442 Å². The quantitative estimate of drug-likeness (QED) is 0.104. The van der Waals surface area contributed by atoms with Gasteiger partial charge < -0.3 is 40.1 Å². The van der Waals surface area contributed by atoms with Crippen molar-refractivity contribution in [2.24, 2.45) is 23.7 Å². The molecule has 74 heavy (non-hydrogen) atoms. The number of anilines is 1. The Balaban J connectivity index is 2.32. The Hall–Kier alpha value is -5.26. The Morgan fingerprint density at radius 1 is 0.676 bits per heavy atom. The molecule has 6 amide bonds. The summed E-state index contributed by atoms with van der Waals surface area (Å²) in [6.45, 7) is 19.6. The van der Waals surface area contributed by atoms with E-state index in [-0.39, 0.29) is 81.1 Å². The highest BCUT2D eigenvalue weighted by atomic mass is 16.7. The van der Waals surface area contributed by atoms with Gasteiger partial charge in [0, 0.05) is 39.9 Å². The molecule has 0 aliphatic carbocycles. The summed E-state index contributed by atoms with van der Waals surface area (Å²) in [5, 5.41) is 10.6. The van der Waals surface area contributed by atoms with Crippen LogP contribution in [0.1, 0.15) is 171 Å². The van der Waals surface area contributed by atoms with Crippen LogP contribution in [0.15, 0.2) is 24.3 Å². The second-order valence-corrected chi connectivity index (χ2v) is 21.9. The number of unbranched alkanes of at least 4 members (excludes halogenated alkanes) is 2. The predicted octanol–water partition coefficient (Wildman–Crippen LogP) is 6.68. The summed E-state index contributed by atoms with van der Waals surface area (Å²) in [6.07, 6.45) is 4.40. The van der Waals surface area contributed by atoms with Crippen LogP contribution in [0, 0.1) is 23.7 Å². The van der Waals surface area contributed by atoms with E-state index in [0.717, 1.165) is 49.8 Å². The van der Waals surface area contributed by atoms with Gasteiger partial charge in [0.2, 0.25) is 29.5 Å². The highest BCUT2D eigenvalue weighted by Crippen LogP contribution is 2.39. The van der Waals surface area contributed by atoms with E-state index >= 15 is 9.59 Å². The minimum atomic E-state index is -1.59. The van der Waals surface area contributed by atoms with E-state index in [0.29, 0.717) is 13.0 Å². The van der Waals surface area contributed by atoms with Gasteiger partial charge in [-0.2, -0.15) is 0 Å². The van der Waals surface area contributed by atoms with E-state index in [1.807, 2.05) is 72.7 Å². The Bertz CT molecular complexity index is 2020. The van der Waals surface area contributed by atoms with Crippen LogP contribution in [0.4, 0.5) is 5.69 Å². The van der Waals surface area contributed by atoms with Crippen molar-refractivity contribution < 1.29 is 52.7 Å².